The first-order valence-electron chi connectivity index (χ1n) is 12.5. The first kappa shape index (κ1) is 26.4. The topological polar surface area (TPSA) is 96.0 Å². The third-order valence-corrected chi connectivity index (χ3v) is 7.00. The summed E-state index contributed by atoms with van der Waals surface area (Å²) in [5.74, 6) is -1.88. The summed E-state index contributed by atoms with van der Waals surface area (Å²) in [7, 11) is 1.82. The largest absolute Gasteiger partial charge is 0.462 e. The van der Waals surface area contributed by atoms with Crippen molar-refractivity contribution in [1.82, 2.24) is 4.90 Å². The zero-order chi connectivity index (χ0) is 26.5. The Morgan fingerprint density at radius 3 is 2.41 bits per heavy atom. The van der Waals surface area contributed by atoms with Gasteiger partial charge in [-0.25, -0.2) is 9.69 Å². The minimum Gasteiger partial charge on any atom is -0.462 e. The molecule has 8 nitrogen and oxygen atoms in total. The molecular formula is C28H30ClN3O5. The summed E-state index contributed by atoms with van der Waals surface area (Å²) < 4.78 is 5.11. The number of esters is 1. The standard InChI is InChI=1S/C28H30ClN3O5/c1-3-16-37-28(36)18-12-14-22(15-13-18)32-26(34)23(29)24(27(32)35)30-20-9-7-8-19(17-20)25(33)31(2)21-10-5-4-6-11-21/h7-9,12-15,17,21,30H,3-6,10-11,16H2,1-2H3. The number of anilines is 2. The van der Waals surface area contributed by atoms with Gasteiger partial charge in [0.15, 0.2) is 0 Å². The molecule has 1 heterocycles. The summed E-state index contributed by atoms with van der Waals surface area (Å²) in [4.78, 5) is 53.9. The highest BCUT2D eigenvalue weighted by Gasteiger charge is 2.39. The van der Waals surface area contributed by atoms with E-state index in [9.17, 15) is 19.2 Å². The van der Waals surface area contributed by atoms with Gasteiger partial charge in [-0.3, -0.25) is 14.4 Å². The zero-order valence-corrected chi connectivity index (χ0v) is 21.7. The van der Waals surface area contributed by atoms with E-state index < -0.39 is 17.8 Å². The summed E-state index contributed by atoms with van der Waals surface area (Å²) in [5.41, 5.74) is 1.45. The van der Waals surface area contributed by atoms with Gasteiger partial charge in [-0.05, 0) is 61.7 Å². The van der Waals surface area contributed by atoms with Crippen LogP contribution in [0, 0.1) is 0 Å². The summed E-state index contributed by atoms with van der Waals surface area (Å²) in [6.07, 6.45) is 6.14. The van der Waals surface area contributed by atoms with Crippen LogP contribution in [-0.4, -0.2) is 48.3 Å². The number of imide groups is 1. The number of hydrogen-bond acceptors (Lipinski definition) is 6. The van der Waals surface area contributed by atoms with Crippen LogP contribution in [0.1, 0.15) is 66.2 Å². The van der Waals surface area contributed by atoms with Gasteiger partial charge in [-0.1, -0.05) is 43.9 Å². The highest BCUT2D eigenvalue weighted by molar-refractivity contribution is 6.53. The lowest BCUT2D eigenvalue weighted by Crippen LogP contribution is -2.38. The van der Waals surface area contributed by atoms with Gasteiger partial charge in [0.2, 0.25) is 0 Å². The molecule has 3 amide bonds. The van der Waals surface area contributed by atoms with E-state index in [0.29, 0.717) is 29.8 Å². The molecule has 0 aromatic heterocycles. The average Bonchev–Trinajstić information content (AvgIpc) is 3.14. The smallest absolute Gasteiger partial charge is 0.338 e. The van der Waals surface area contributed by atoms with Crippen molar-refractivity contribution in [3.8, 4) is 0 Å². The van der Waals surface area contributed by atoms with Crippen molar-refractivity contribution in [3.63, 3.8) is 0 Å². The maximum atomic E-state index is 13.2. The normalized spacial score (nSPS) is 16.2. The van der Waals surface area contributed by atoms with Gasteiger partial charge >= 0.3 is 5.97 Å². The number of amides is 3. The van der Waals surface area contributed by atoms with Crippen LogP contribution in [0.5, 0.6) is 0 Å². The van der Waals surface area contributed by atoms with E-state index in [1.807, 2.05) is 14.0 Å². The summed E-state index contributed by atoms with van der Waals surface area (Å²) in [6.45, 7) is 2.20. The Hall–Kier alpha value is -3.65. The van der Waals surface area contributed by atoms with Crippen LogP contribution in [0.4, 0.5) is 11.4 Å². The number of hydrogen-bond donors (Lipinski definition) is 1. The fourth-order valence-corrected chi connectivity index (χ4v) is 4.80. The third kappa shape index (κ3) is 5.69. The number of nitrogens with zero attached hydrogens (tertiary/aromatic N) is 2. The maximum absolute atomic E-state index is 13.2. The van der Waals surface area contributed by atoms with Crippen molar-refractivity contribution in [2.45, 2.75) is 51.5 Å². The highest BCUT2D eigenvalue weighted by Crippen LogP contribution is 2.31. The maximum Gasteiger partial charge on any atom is 0.338 e. The molecule has 2 aromatic rings. The van der Waals surface area contributed by atoms with Crippen LogP contribution >= 0.6 is 11.6 Å². The number of carbonyl (C=O) groups excluding carboxylic acids is 4. The lowest BCUT2D eigenvalue weighted by molar-refractivity contribution is -0.120. The van der Waals surface area contributed by atoms with E-state index in [4.69, 9.17) is 16.3 Å². The molecule has 194 valence electrons. The van der Waals surface area contributed by atoms with E-state index >= 15 is 0 Å². The lowest BCUT2D eigenvalue weighted by Gasteiger charge is -2.31. The third-order valence-electron chi connectivity index (χ3n) is 6.65. The van der Waals surface area contributed by atoms with Crippen LogP contribution in [0.3, 0.4) is 0 Å². The first-order chi connectivity index (χ1) is 17.8. The number of halogens is 1. The number of ether oxygens (including phenoxy) is 1. The van der Waals surface area contributed by atoms with Crippen molar-refractivity contribution in [3.05, 3.63) is 70.4 Å². The Balaban J connectivity index is 1.48. The van der Waals surface area contributed by atoms with Gasteiger partial charge in [0.05, 0.1) is 17.9 Å². The molecule has 9 heteroatoms. The molecule has 0 radical (unpaired) electrons. The highest BCUT2D eigenvalue weighted by atomic mass is 35.5. The van der Waals surface area contributed by atoms with Crippen LogP contribution in [0.2, 0.25) is 0 Å². The van der Waals surface area contributed by atoms with Crippen LogP contribution in [0.25, 0.3) is 0 Å². The van der Waals surface area contributed by atoms with E-state index in [0.717, 1.165) is 30.6 Å². The molecule has 37 heavy (non-hydrogen) atoms. The van der Waals surface area contributed by atoms with Crippen molar-refractivity contribution < 1.29 is 23.9 Å². The molecule has 1 N–H and O–H groups in total. The number of benzene rings is 2. The Bertz CT molecular complexity index is 1230. The number of carbonyl (C=O) groups is 4. The molecule has 1 aliphatic heterocycles. The number of rotatable bonds is 8. The minimum absolute atomic E-state index is 0.0802. The van der Waals surface area contributed by atoms with Gasteiger partial charge < -0.3 is 15.0 Å². The van der Waals surface area contributed by atoms with Gasteiger partial charge in [0, 0.05) is 24.3 Å². The molecule has 0 unspecified atom stereocenters. The fraction of sp³-hybridized carbons (Fsp3) is 0.357. The molecule has 2 aliphatic rings. The summed E-state index contributed by atoms with van der Waals surface area (Å²) in [5, 5.41) is 2.67. The average molecular weight is 524 g/mol. The van der Waals surface area contributed by atoms with Crippen LogP contribution in [-0.2, 0) is 14.3 Å². The molecule has 0 atom stereocenters. The van der Waals surface area contributed by atoms with E-state index in [2.05, 4.69) is 5.32 Å². The van der Waals surface area contributed by atoms with Gasteiger partial charge in [0.25, 0.3) is 17.7 Å². The molecule has 1 saturated carbocycles. The van der Waals surface area contributed by atoms with Gasteiger partial charge in [-0.2, -0.15) is 0 Å². The van der Waals surface area contributed by atoms with E-state index in [-0.39, 0.29) is 28.4 Å². The van der Waals surface area contributed by atoms with Crippen LogP contribution < -0.4 is 10.2 Å². The fourth-order valence-electron chi connectivity index (χ4n) is 4.58. The molecule has 1 fully saturated rings. The Labute approximate surface area is 221 Å². The number of nitrogens with one attached hydrogen (secondary N) is 1. The van der Waals surface area contributed by atoms with E-state index in [1.165, 1.54) is 30.7 Å². The molecule has 0 spiro atoms. The summed E-state index contributed by atoms with van der Waals surface area (Å²) >= 11 is 6.27. The van der Waals surface area contributed by atoms with E-state index in [1.54, 1.807) is 29.2 Å². The Morgan fingerprint density at radius 2 is 1.73 bits per heavy atom. The zero-order valence-electron chi connectivity index (χ0n) is 21.0. The second kappa shape index (κ2) is 11.6. The molecule has 0 bridgehead atoms. The predicted octanol–water partition coefficient (Wildman–Crippen LogP) is 5.09. The monoisotopic (exact) mass is 523 g/mol. The van der Waals surface area contributed by atoms with Crippen molar-refractivity contribution in [2.24, 2.45) is 0 Å². The molecule has 0 saturated heterocycles. The van der Waals surface area contributed by atoms with Gasteiger partial charge in [-0.15, -0.1) is 0 Å². The molecule has 4 rings (SSSR count). The molecule has 2 aromatic carbocycles. The van der Waals surface area contributed by atoms with Crippen molar-refractivity contribution >= 4 is 46.7 Å². The summed E-state index contributed by atoms with van der Waals surface area (Å²) in [6, 6.07) is 13.0. The predicted molar refractivity (Wildman–Crippen MR) is 141 cm³/mol. The Kier molecular flexibility index (Phi) is 8.28. The van der Waals surface area contributed by atoms with Crippen LogP contribution in [0.15, 0.2) is 59.3 Å². The Morgan fingerprint density at radius 1 is 1.03 bits per heavy atom. The first-order valence-corrected chi connectivity index (χ1v) is 12.9. The van der Waals surface area contributed by atoms with Crippen molar-refractivity contribution in [1.29, 1.82) is 0 Å². The SMILES string of the molecule is CCCOC(=O)c1ccc(N2C(=O)C(Cl)=C(Nc3cccc(C(=O)N(C)C4CCCCC4)c3)C2=O)cc1. The van der Waals surface area contributed by atoms with Gasteiger partial charge in [0.1, 0.15) is 10.7 Å². The molecular weight excluding hydrogens is 494 g/mol. The second-order valence-electron chi connectivity index (χ2n) is 9.23. The second-order valence-corrected chi connectivity index (χ2v) is 9.61. The molecule has 1 aliphatic carbocycles. The minimum atomic E-state index is -0.681. The van der Waals surface area contributed by atoms with Crippen molar-refractivity contribution in [2.75, 3.05) is 23.9 Å². The quantitative estimate of drug-likeness (QED) is 0.382. The lowest BCUT2D eigenvalue weighted by atomic mass is 9.94.